The first-order valence-electron chi connectivity index (χ1n) is 5.29. The van der Waals surface area contributed by atoms with Gasteiger partial charge in [-0.1, -0.05) is 0 Å². The normalized spacial score (nSPS) is 10.9. The van der Waals surface area contributed by atoms with Gasteiger partial charge in [0.25, 0.3) is 0 Å². The lowest BCUT2D eigenvalue weighted by Crippen LogP contribution is -2.39. The van der Waals surface area contributed by atoms with Crippen molar-refractivity contribution in [1.82, 2.24) is 9.80 Å². The minimum absolute atomic E-state index is 0.0161. The molecule has 0 N–H and O–H groups in total. The van der Waals surface area contributed by atoms with Gasteiger partial charge in [0.2, 0.25) is 5.91 Å². The number of carbonyl (C=O) groups is 2. The summed E-state index contributed by atoms with van der Waals surface area (Å²) < 4.78 is 5.18. The Kier molecular flexibility index (Phi) is 5.27. The zero-order valence-corrected chi connectivity index (χ0v) is 11.0. The van der Waals surface area contributed by atoms with E-state index in [1.807, 2.05) is 20.8 Å². The van der Waals surface area contributed by atoms with E-state index >= 15 is 0 Å². The Morgan fingerprint density at radius 1 is 1.06 bits per heavy atom. The first kappa shape index (κ1) is 14.7. The summed E-state index contributed by atoms with van der Waals surface area (Å²) in [6.07, 6.45) is -0.371. The Morgan fingerprint density at radius 2 is 1.50 bits per heavy atom. The molecule has 0 fully saturated rings. The van der Waals surface area contributed by atoms with E-state index < -0.39 is 5.60 Å². The van der Waals surface area contributed by atoms with Crippen molar-refractivity contribution in [1.29, 1.82) is 0 Å². The second kappa shape index (κ2) is 5.72. The average molecular weight is 230 g/mol. The third-order valence-corrected chi connectivity index (χ3v) is 2.01. The zero-order chi connectivity index (χ0) is 12.9. The molecule has 0 aromatic carbocycles. The summed E-state index contributed by atoms with van der Waals surface area (Å²) in [6, 6.07) is 0. The van der Waals surface area contributed by atoms with Gasteiger partial charge in [-0.2, -0.15) is 0 Å². The predicted octanol–water partition coefficient (Wildman–Crippen LogP) is 1.33. The van der Waals surface area contributed by atoms with E-state index in [1.165, 1.54) is 11.8 Å². The van der Waals surface area contributed by atoms with Crippen LogP contribution in [-0.4, -0.2) is 54.6 Å². The molecule has 0 spiro atoms. The van der Waals surface area contributed by atoms with E-state index in [0.717, 1.165) is 0 Å². The van der Waals surface area contributed by atoms with Crippen LogP contribution in [0.4, 0.5) is 4.79 Å². The van der Waals surface area contributed by atoms with Crippen molar-refractivity contribution in [2.24, 2.45) is 0 Å². The molecule has 0 bridgehead atoms. The fourth-order valence-electron chi connectivity index (χ4n) is 0.889. The molecule has 0 saturated carbocycles. The molecular formula is C11H22N2O3. The minimum atomic E-state index is -0.488. The third kappa shape index (κ3) is 6.27. The molecular weight excluding hydrogens is 208 g/mol. The van der Waals surface area contributed by atoms with Crippen molar-refractivity contribution < 1.29 is 14.3 Å². The van der Waals surface area contributed by atoms with Crippen LogP contribution in [0.15, 0.2) is 0 Å². The van der Waals surface area contributed by atoms with Gasteiger partial charge in [0.05, 0.1) is 0 Å². The van der Waals surface area contributed by atoms with Crippen LogP contribution in [0, 0.1) is 0 Å². The smallest absolute Gasteiger partial charge is 0.410 e. The summed E-state index contributed by atoms with van der Waals surface area (Å²) in [7, 11) is 3.35. The molecule has 0 aliphatic heterocycles. The van der Waals surface area contributed by atoms with Crippen LogP contribution < -0.4 is 0 Å². The van der Waals surface area contributed by atoms with Crippen LogP contribution in [0.2, 0.25) is 0 Å². The number of carbonyl (C=O) groups excluding carboxylic acids is 2. The molecule has 0 aromatic rings. The summed E-state index contributed by atoms with van der Waals surface area (Å²) in [6.45, 7) is 7.92. The predicted molar refractivity (Wildman–Crippen MR) is 62.2 cm³/mol. The molecule has 0 aliphatic rings. The highest BCUT2D eigenvalue weighted by Crippen LogP contribution is 2.08. The van der Waals surface area contributed by atoms with Crippen LogP contribution in [0.3, 0.4) is 0 Å². The molecule has 0 aromatic heterocycles. The summed E-state index contributed by atoms with van der Waals surface area (Å²) in [5.74, 6) is -0.0161. The average Bonchev–Trinajstić information content (AvgIpc) is 2.10. The highest BCUT2D eigenvalue weighted by atomic mass is 16.6. The number of ether oxygens (including phenoxy) is 1. The van der Waals surface area contributed by atoms with Gasteiger partial charge in [0.15, 0.2) is 0 Å². The fraction of sp³-hybridized carbons (Fsp3) is 0.818. The van der Waals surface area contributed by atoms with Gasteiger partial charge in [0.1, 0.15) is 5.60 Å². The van der Waals surface area contributed by atoms with E-state index in [9.17, 15) is 9.59 Å². The quantitative estimate of drug-likeness (QED) is 0.735. The van der Waals surface area contributed by atoms with E-state index in [-0.39, 0.29) is 12.0 Å². The van der Waals surface area contributed by atoms with Crippen LogP contribution in [0.25, 0.3) is 0 Å². The zero-order valence-electron chi connectivity index (χ0n) is 11.0. The Hall–Kier alpha value is -1.26. The Labute approximate surface area is 97.3 Å². The van der Waals surface area contributed by atoms with Gasteiger partial charge in [-0.3, -0.25) is 4.79 Å². The highest BCUT2D eigenvalue weighted by molar-refractivity contribution is 5.73. The van der Waals surface area contributed by atoms with Gasteiger partial charge >= 0.3 is 6.09 Å². The number of hydrogen-bond donors (Lipinski definition) is 0. The van der Waals surface area contributed by atoms with Gasteiger partial charge < -0.3 is 14.5 Å². The molecule has 16 heavy (non-hydrogen) atoms. The van der Waals surface area contributed by atoms with E-state index in [2.05, 4.69) is 0 Å². The number of amides is 2. The fourth-order valence-corrected chi connectivity index (χ4v) is 0.889. The Balaban J connectivity index is 4.02. The SMILES string of the molecule is CC(=O)N(C)CCN(C)C(=O)OC(C)(C)C. The van der Waals surface area contributed by atoms with Crippen molar-refractivity contribution in [3.8, 4) is 0 Å². The minimum Gasteiger partial charge on any atom is -0.444 e. The second-order valence-electron chi connectivity index (χ2n) is 4.84. The van der Waals surface area contributed by atoms with Crippen LogP contribution in [0.5, 0.6) is 0 Å². The van der Waals surface area contributed by atoms with Gasteiger partial charge in [0, 0.05) is 34.1 Å². The van der Waals surface area contributed by atoms with Gasteiger partial charge in [-0.15, -0.1) is 0 Å². The molecule has 0 radical (unpaired) electrons. The van der Waals surface area contributed by atoms with E-state index in [0.29, 0.717) is 13.1 Å². The topological polar surface area (TPSA) is 49.9 Å². The third-order valence-electron chi connectivity index (χ3n) is 2.01. The summed E-state index contributed by atoms with van der Waals surface area (Å²) in [5.41, 5.74) is -0.488. The largest absolute Gasteiger partial charge is 0.444 e. The van der Waals surface area contributed by atoms with Crippen LogP contribution in [0.1, 0.15) is 27.7 Å². The number of likely N-dealkylation sites (N-methyl/N-ethyl adjacent to an activating group) is 2. The molecule has 0 rings (SSSR count). The summed E-state index contributed by atoms with van der Waals surface area (Å²) in [5, 5.41) is 0. The Bertz CT molecular complexity index is 258. The first-order chi connectivity index (χ1) is 7.13. The van der Waals surface area contributed by atoms with Crippen LogP contribution in [-0.2, 0) is 9.53 Å². The molecule has 0 unspecified atom stereocenters. The van der Waals surface area contributed by atoms with Gasteiger partial charge in [-0.05, 0) is 20.8 Å². The number of nitrogens with zero attached hydrogens (tertiary/aromatic N) is 2. The molecule has 2 amide bonds. The number of rotatable bonds is 3. The molecule has 0 aliphatic carbocycles. The van der Waals surface area contributed by atoms with Crippen molar-refractivity contribution in [2.75, 3.05) is 27.2 Å². The highest BCUT2D eigenvalue weighted by Gasteiger charge is 2.19. The molecule has 0 saturated heterocycles. The summed E-state index contributed by atoms with van der Waals surface area (Å²) in [4.78, 5) is 25.5. The van der Waals surface area contributed by atoms with E-state index in [4.69, 9.17) is 4.74 Å². The second-order valence-corrected chi connectivity index (χ2v) is 4.84. The molecule has 0 atom stereocenters. The summed E-state index contributed by atoms with van der Waals surface area (Å²) >= 11 is 0. The maximum atomic E-state index is 11.5. The van der Waals surface area contributed by atoms with E-state index in [1.54, 1.807) is 19.0 Å². The lowest BCUT2D eigenvalue weighted by atomic mass is 10.2. The van der Waals surface area contributed by atoms with Crippen LogP contribution >= 0.6 is 0 Å². The first-order valence-corrected chi connectivity index (χ1v) is 5.29. The molecule has 5 nitrogen and oxygen atoms in total. The molecule has 94 valence electrons. The van der Waals surface area contributed by atoms with Crippen molar-refractivity contribution in [3.63, 3.8) is 0 Å². The lowest BCUT2D eigenvalue weighted by molar-refractivity contribution is -0.127. The van der Waals surface area contributed by atoms with Crippen molar-refractivity contribution >= 4 is 12.0 Å². The maximum absolute atomic E-state index is 11.5. The van der Waals surface area contributed by atoms with Crippen molar-refractivity contribution in [2.45, 2.75) is 33.3 Å². The maximum Gasteiger partial charge on any atom is 0.410 e. The number of hydrogen-bond acceptors (Lipinski definition) is 3. The molecule has 5 heteroatoms. The van der Waals surface area contributed by atoms with Gasteiger partial charge in [-0.25, -0.2) is 4.79 Å². The Morgan fingerprint density at radius 3 is 1.88 bits per heavy atom. The molecule has 0 heterocycles. The standard InChI is InChI=1S/C11H22N2O3/c1-9(14)12(5)7-8-13(6)10(15)16-11(2,3)4/h7-8H2,1-6H3. The lowest BCUT2D eigenvalue weighted by Gasteiger charge is -2.26. The monoisotopic (exact) mass is 230 g/mol. The van der Waals surface area contributed by atoms with Crippen molar-refractivity contribution in [3.05, 3.63) is 0 Å².